The Bertz CT molecular complexity index is 235. The van der Waals surface area contributed by atoms with Gasteiger partial charge in [0, 0.05) is 5.75 Å². The largest absolute Gasteiger partial charge is 0.342 e. The van der Waals surface area contributed by atoms with Gasteiger partial charge < -0.3 is 10.6 Å². The minimum Gasteiger partial charge on any atom is -0.342 e. The number of amides is 2. The van der Waals surface area contributed by atoms with E-state index in [0.29, 0.717) is 12.2 Å². The third-order valence-electron chi connectivity index (χ3n) is 2.06. The smallest absolute Gasteiger partial charge is 0.244 e. The van der Waals surface area contributed by atoms with Crippen LogP contribution in [-0.4, -0.2) is 41.7 Å². The number of hydrogen-bond donors (Lipinski definition) is 3. The number of thiol groups is 1. The second-order valence-corrected chi connectivity index (χ2v) is 4.44. The number of carbonyl (C=O) groups excluding carboxylic acids is 2. The van der Waals surface area contributed by atoms with Crippen molar-refractivity contribution in [2.45, 2.75) is 18.5 Å². The van der Waals surface area contributed by atoms with Gasteiger partial charge in [0.25, 0.3) is 0 Å². The van der Waals surface area contributed by atoms with Gasteiger partial charge in [0.1, 0.15) is 12.1 Å². The highest BCUT2D eigenvalue weighted by Crippen LogP contribution is 2.05. The molecule has 0 radical (unpaired) electrons. The van der Waals surface area contributed by atoms with E-state index in [1.807, 2.05) is 6.26 Å². The summed E-state index contributed by atoms with van der Waals surface area (Å²) in [5, 5.41) is 5.33. The zero-order valence-corrected chi connectivity index (χ0v) is 9.66. The van der Waals surface area contributed by atoms with Crippen LogP contribution < -0.4 is 10.6 Å². The molecular weight excluding hydrogens is 220 g/mol. The maximum Gasteiger partial charge on any atom is 0.244 e. The normalized spacial score (nSPS) is 27.0. The van der Waals surface area contributed by atoms with Gasteiger partial charge in [-0.15, -0.1) is 0 Å². The molecule has 1 saturated heterocycles. The van der Waals surface area contributed by atoms with Crippen LogP contribution >= 0.6 is 24.4 Å². The fraction of sp³-hybridized carbons (Fsp3) is 0.750. The first-order valence-corrected chi connectivity index (χ1v) is 6.42. The Morgan fingerprint density at radius 2 is 1.86 bits per heavy atom. The number of carbonyl (C=O) groups is 2. The van der Waals surface area contributed by atoms with Gasteiger partial charge in [0.05, 0.1) is 0 Å². The Labute approximate surface area is 93.0 Å². The first-order chi connectivity index (χ1) is 6.69. The molecule has 1 aliphatic rings. The number of hydrogen-bond acceptors (Lipinski definition) is 4. The third kappa shape index (κ3) is 2.81. The molecule has 0 saturated carbocycles. The summed E-state index contributed by atoms with van der Waals surface area (Å²) >= 11 is 5.64. The lowest BCUT2D eigenvalue weighted by atomic mass is 10.1. The lowest BCUT2D eigenvalue weighted by molar-refractivity contribution is -0.136. The molecule has 1 heterocycles. The summed E-state index contributed by atoms with van der Waals surface area (Å²) < 4.78 is 0. The van der Waals surface area contributed by atoms with Crippen molar-refractivity contribution in [1.29, 1.82) is 0 Å². The van der Waals surface area contributed by atoms with Gasteiger partial charge in [-0.2, -0.15) is 24.4 Å². The lowest BCUT2D eigenvalue weighted by Crippen LogP contribution is -2.62. The van der Waals surface area contributed by atoms with Gasteiger partial charge >= 0.3 is 0 Å². The minimum atomic E-state index is -0.476. The van der Waals surface area contributed by atoms with E-state index in [0.717, 1.165) is 5.75 Å². The van der Waals surface area contributed by atoms with Crippen LogP contribution in [0.5, 0.6) is 0 Å². The summed E-state index contributed by atoms with van der Waals surface area (Å²) in [6.45, 7) is 0. The molecule has 80 valence electrons. The first-order valence-electron chi connectivity index (χ1n) is 4.39. The Morgan fingerprint density at radius 3 is 2.43 bits per heavy atom. The molecule has 0 aromatic carbocycles. The van der Waals surface area contributed by atoms with Crippen molar-refractivity contribution in [2.75, 3.05) is 17.8 Å². The van der Waals surface area contributed by atoms with E-state index in [2.05, 4.69) is 23.3 Å². The Morgan fingerprint density at radius 1 is 1.29 bits per heavy atom. The summed E-state index contributed by atoms with van der Waals surface area (Å²) in [6.07, 6.45) is 2.65. The van der Waals surface area contributed by atoms with E-state index in [9.17, 15) is 9.59 Å². The van der Waals surface area contributed by atoms with E-state index in [1.165, 1.54) is 0 Å². The molecule has 6 heteroatoms. The van der Waals surface area contributed by atoms with E-state index in [4.69, 9.17) is 0 Å². The first kappa shape index (κ1) is 11.7. The molecule has 0 aromatic rings. The fourth-order valence-electron chi connectivity index (χ4n) is 1.24. The Balaban J connectivity index is 2.49. The van der Waals surface area contributed by atoms with E-state index in [-0.39, 0.29) is 17.9 Å². The standard InChI is InChI=1S/C8H14N2O2S2/c1-14-3-2-5-7(11)10-6(4-13)8(12)9-5/h5-6,13H,2-4H2,1H3,(H,9,12)(H,10,11)/t5?,6-/m0/s1. The predicted molar refractivity (Wildman–Crippen MR) is 60.7 cm³/mol. The molecule has 1 fully saturated rings. The summed E-state index contributed by atoms with van der Waals surface area (Å²) in [5.74, 6) is 0.972. The van der Waals surface area contributed by atoms with Gasteiger partial charge in [0.2, 0.25) is 11.8 Å². The second kappa shape index (κ2) is 5.50. The molecule has 0 bridgehead atoms. The summed E-state index contributed by atoms with van der Waals surface area (Å²) in [7, 11) is 0. The molecule has 1 rings (SSSR count). The number of thioether (sulfide) groups is 1. The molecule has 0 spiro atoms. The third-order valence-corrected chi connectivity index (χ3v) is 3.07. The molecular formula is C8H14N2O2S2. The van der Waals surface area contributed by atoms with Crippen molar-refractivity contribution in [3.05, 3.63) is 0 Å². The van der Waals surface area contributed by atoms with Gasteiger partial charge in [-0.1, -0.05) is 0 Å². The zero-order valence-electron chi connectivity index (χ0n) is 7.95. The summed E-state index contributed by atoms with van der Waals surface area (Å²) in [6, 6.07) is -0.845. The predicted octanol–water partition coefficient (Wildman–Crippen LogP) is -0.348. The van der Waals surface area contributed by atoms with Crippen LogP contribution in [0.4, 0.5) is 0 Å². The molecule has 1 unspecified atom stereocenters. The van der Waals surface area contributed by atoms with Crippen LogP contribution in [0.3, 0.4) is 0 Å². The van der Waals surface area contributed by atoms with Crippen LogP contribution in [0.1, 0.15) is 6.42 Å². The van der Waals surface area contributed by atoms with Crippen molar-refractivity contribution in [3.63, 3.8) is 0 Å². The SMILES string of the molecule is CSCCC1NC(=O)[C@H](CS)NC1=O. The lowest BCUT2D eigenvalue weighted by Gasteiger charge is -2.28. The highest BCUT2D eigenvalue weighted by molar-refractivity contribution is 7.98. The fourth-order valence-corrected chi connectivity index (χ4v) is 1.97. The minimum absolute atomic E-state index is 0.0994. The van der Waals surface area contributed by atoms with Crippen molar-refractivity contribution >= 4 is 36.2 Å². The maximum atomic E-state index is 11.4. The highest BCUT2D eigenvalue weighted by atomic mass is 32.2. The molecule has 0 aliphatic carbocycles. The number of piperazine rings is 1. The van der Waals surface area contributed by atoms with Crippen LogP contribution in [-0.2, 0) is 9.59 Å². The van der Waals surface area contributed by atoms with E-state index < -0.39 is 6.04 Å². The van der Waals surface area contributed by atoms with Crippen LogP contribution in [0.2, 0.25) is 0 Å². The average Bonchev–Trinajstić information content (AvgIpc) is 2.18. The molecule has 4 nitrogen and oxygen atoms in total. The molecule has 14 heavy (non-hydrogen) atoms. The monoisotopic (exact) mass is 234 g/mol. The second-order valence-electron chi connectivity index (χ2n) is 3.09. The number of nitrogens with one attached hydrogen (secondary N) is 2. The van der Waals surface area contributed by atoms with Crippen LogP contribution in [0.15, 0.2) is 0 Å². The Kier molecular flexibility index (Phi) is 4.60. The highest BCUT2D eigenvalue weighted by Gasteiger charge is 2.31. The molecule has 0 aromatic heterocycles. The van der Waals surface area contributed by atoms with E-state index in [1.54, 1.807) is 11.8 Å². The van der Waals surface area contributed by atoms with Crippen molar-refractivity contribution < 1.29 is 9.59 Å². The van der Waals surface area contributed by atoms with Crippen LogP contribution in [0.25, 0.3) is 0 Å². The van der Waals surface area contributed by atoms with Gasteiger partial charge in [-0.25, -0.2) is 0 Å². The van der Waals surface area contributed by atoms with Crippen molar-refractivity contribution in [1.82, 2.24) is 10.6 Å². The summed E-state index contributed by atoms with van der Waals surface area (Å²) in [5.41, 5.74) is 0. The maximum absolute atomic E-state index is 11.4. The van der Waals surface area contributed by atoms with Gasteiger partial charge in [-0.05, 0) is 18.4 Å². The molecule has 1 aliphatic heterocycles. The van der Waals surface area contributed by atoms with Crippen molar-refractivity contribution in [3.8, 4) is 0 Å². The zero-order chi connectivity index (χ0) is 10.6. The quantitative estimate of drug-likeness (QED) is 0.583. The topological polar surface area (TPSA) is 58.2 Å². The van der Waals surface area contributed by atoms with Gasteiger partial charge in [0.15, 0.2) is 0 Å². The molecule has 2 N–H and O–H groups in total. The van der Waals surface area contributed by atoms with Crippen LogP contribution in [0, 0.1) is 0 Å². The summed E-state index contributed by atoms with van der Waals surface area (Å²) in [4.78, 5) is 22.8. The van der Waals surface area contributed by atoms with Gasteiger partial charge in [-0.3, -0.25) is 9.59 Å². The van der Waals surface area contributed by atoms with Crippen molar-refractivity contribution in [2.24, 2.45) is 0 Å². The average molecular weight is 234 g/mol. The number of rotatable bonds is 4. The molecule has 2 amide bonds. The van der Waals surface area contributed by atoms with E-state index >= 15 is 0 Å². The Hall–Kier alpha value is -0.360. The molecule has 2 atom stereocenters.